The van der Waals surface area contributed by atoms with Crippen LogP contribution in [0.15, 0.2) is 128 Å². The van der Waals surface area contributed by atoms with E-state index in [2.05, 4.69) is 9.97 Å². The molecule has 3 aromatic rings. The van der Waals surface area contributed by atoms with Gasteiger partial charge in [-0.3, -0.25) is 18.3 Å². The molecule has 4 aliphatic carbocycles. The molecule has 0 aromatic carbocycles. The van der Waals surface area contributed by atoms with Crippen molar-refractivity contribution < 1.29 is 57.4 Å². The zero-order valence-electron chi connectivity index (χ0n) is 35.4. The fraction of sp³-hybridized carbons (Fsp3) is 0.182. The molecule has 3 aromatic heterocycles. The van der Waals surface area contributed by atoms with Crippen molar-refractivity contribution in [2.75, 3.05) is 0 Å². The molecule has 0 fully saturated rings. The third kappa shape index (κ3) is 7.00. The average Bonchev–Trinajstić information content (AvgIpc) is 4.05. The number of nitrogens with zero attached hydrogens (tertiary/aromatic N) is 2. The van der Waals surface area contributed by atoms with Crippen LogP contribution in [-0.4, -0.2) is 88.4 Å². The predicted octanol–water partition coefficient (Wildman–Crippen LogP) is 3.87. The molecule has 354 valence electrons. The van der Waals surface area contributed by atoms with Crippen molar-refractivity contribution >= 4 is 76.3 Å². The average molecular weight is 1000 g/mol. The Balaban J connectivity index is 1.71. The quantitative estimate of drug-likeness (QED) is 0.111. The van der Waals surface area contributed by atoms with Crippen molar-refractivity contribution in [1.29, 1.82) is 0 Å². The molecule has 0 amide bonds. The smallest absolute Gasteiger partial charge is 0.341 e. The SMILES string of the molecule is NC1C=CC=CC1(C1=Cc2cc3ccc(cc4nc(cc5[nH]c(c(C6(P(=O)(O)O)C=CC=CC6N)c1n2)c(C1(P(=O)(O)O)C=CC=CC1N)c5C1(P(=O)(O)O)C=CC=CC1N)C=C4)[nH]3)P(=O)(O)O. The number of aromatic amines is 2. The number of aromatic nitrogens is 4. The molecule has 0 saturated carbocycles. The van der Waals surface area contributed by atoms with Crippen molar-refractivity contribution in [2.45, 2.75) is 44.8 Å². The molecule has 18 N–H and O–H groups in total. The minimum Gasteiger partial charge on any atom is -0.355 e. The van der Waals surface area contributed by atoms with E-state index in [-0.39, 0.29) is 16.9 Å². The number of nitrogens with two attached hydrogens (primary N) is 4. The highest BCUT2D eigenvalue weighted by atomic mass is 31.2. The molecule has 20 nitrogen and oxygen atoms in total. The van der Waals surface area contributed by atoms with Gasteiger partial charge in [0, 0.05) is 63.0 Å². The molecule has 0 saturated heterocycles. The number of nitrogens with one attached hydrogen (secondary N) is 2. The van der Waals surface area contributed by atoms with E-state index in [9.17, 15) is 57.4 Å². The predicted molar refractivity (Wildman–Crippen MR) is 259 cm³/mol. The summed E-state index contributed by atoms with van der Waals surface area (Å²) in [4.78, 5) is 110. The van der Waals surface area contributed by atoms with E-state index in [1.165, 1.54) is 91.1 Å². The van der Waals surface area contributed by atoms with E-state index in [1.807, 2.05) is 0 Å². The van der Waals surface area contributed by atoms with Crippen LogP contribution in [0.2, 0.25) is 0 Å². The summed E-state index contributed by atoms with van der Waals surface area (Å²) >= 11 is 0. The van der Waals surface area contributed by atoms with Crippen LogP contribution in [0.5, 0.6) is 0 Å². The van der Waals surface area contributed by atoms with Gasteiger partial charge in [-0.15, -0.1) is 0 Å². The van der Waals surface area contributed by atoms with Gasteiger partial charge in [-0.1, -0.05) is 97.2 Å². The molecule has 8 atom stereocenters. The Morgan fingerprint density at radius 3 is 1.31 bits per heavy atom. The van der Waals surface area contributed by atoms with Gasteiger partial charge in [-0.05, 0) is 48.6 Å². The second-order valence-corrected chi connectivity index (χ2v) is 24.4. The maximum atomic E-state index is 14.9. The lowest BCUT2D eigenvalue weighted by atomic mass is 9.75. The van der Waals surface area contributed by atoms with Crippen molar-refractivity contribution in [3.63, 3.8) is 0 Å². The maximum Gasteiger partial charge on any atom is 0.341 e. The third-order valence-corrected chi connectivity index (χ3v) is 19.9. The van der Waals surface area contributed by atoms with Crippen molar-refractivity contribution in [3.8, 4) is 0 Å². The summed E-state index contributed by atoms with van der Waals surface area (Å²) in [7, 11) is -23.2. The van der Waals surface area contributed by atoms with Crippen molar-refractivity contribution in [2.24, 2.45) is 22.9 Å². The largest absolute Gasteiger partial charge is 0.355 e. The highest BCUT2D eigenvalue weighted by Crippen LogP contribution is 2.71. The molecule has 9 rings (SSSR count). The summed E-state index contributed by atoms with van der Waals surface area (Å²) in [5.41, 5.74) is 24.5. The first-order chi connectivity index (χ1) is 31.8. The number of fused-ring (bicyclic) bond motifs is 8. The molecular weight excluding hydrogens is 956 g/mol. The number of hydrogen-bond donors (Lipinski definition) is 14. The second kappa shape index (κ2) is 16.3. The van der Waals surface area contributed by atoms with Crippen LogP contribution in [0.25, 0.3) is 45.9 Å². The summed E-state index contributed by atoms with van der Waals surface area (Å²) in [6.45, 7) is 0. The van der Waals surface area contributed by atoms with E-state index < -0.39 is 109 Å². The summed E-state index contributed by atoms with van der Waals surface area (Å²) in [5, 5.41) is -11.2. The van der Waals surface area contributed by atoms with Crippen LogP contribution in [0.3, 0.4) is 0 Å². The number of hydrogen-bond acceptors (Lipinski definition) is 10. The zero-order valence-corrected chi connectivity index (χ0v) is 38.9. The lowest BCUT2D eigenvalue weighted by molar-refractivity contribution is 0.323. The molecule has 2 aliphatic heterocycles. The van der Waals surface area contributed by atoms with Crippen LogP contribution >= 0.6 is 30.4 Å². The first kappa shape index (κ1) is 48.0. The fourth-order valence-corrected chi connectivity index (χ4v) is 15.2. The van der Waals surface area contributed by atoms with Crippen LogP contribution < -0.4 is 22.9 Å². The van der Waals surface area contributed by atoms with Gasteiger partial charge in [0.05, 0.1) is 28.3 Å². The van der Waals surface area contributed by atoms with Gasteiger partial charge < -0.3 is 72.0 Å². The van der Waals surface area contributed by atoms with Crippen LogP contribution in [0.4, 0.5) is 0 Å². The van der Waals surface area contributed by atoms with E-state index >= 15 is 0 Å². The van der Waals surface area contributed by atoms with Crippen molar-refractivity contribution in [3.05, 3.63) is 167 Å². The number of H-pyrrole nitrogens is 2. The molecule has 5 heterocycles. The molecule has 6 aliphatic rings. The highest BCUT2D eigenvalue weighted by molar-refractivity contribution is 7.55. The van der Waals surface area contributed by atoms with Gasteiger partial charge in [-0.25, -0.2) is 9.97 Å². The molecule has 68 heavy (non-hydrogen) atoms. The Morgan fingerprint density at radius 2 is 0.868 bits per heavy atom. The standard InChI is InChI=1S/C44H46N8O12P4/c45-32-9-1-5-17-41(32,65(53,54)55)30-23-29-22-27-14-13-25(49-27)21-26-15-16-28(50-26)24-31-36(42(66(56,57)58)18-6-2-10-33(42)46)37(43(67(59,60)61)19-7-3-11-34(43)47)40(52-31)38(39(30)51-29)44(68(62,63)64)20-8-4-12-35(44)48/h1-24,32-35,49,52H,45-48H2,(H2,53,54,55)(H2,56,57,58)(H2,59,60,61)(H2,62,63,64). The summed E-state index contributed by atoms with van der Waals surface area (Å²) in [5.74, 6) is 0. The van der Waals surface area contributed by atoms with Gasteiger partial charge in [0.2, 0.25) is 0 Å². The lowest BCUT2D eigenvalue weighted by Gasteiger charge is -2.44. The Bertz CT molecular complexity index is 3380. The van der Waals surface area contributed by atoms with Gasteiger partial charge in [-0.2, -0.15) is 0 Å². The van der Waals surface area contributed by atoms with E-state index in [4.69, 9.17) is 32.9 Å². The van der Waals surface area contributed by atoms with Crippen LogP contribution in [-0.2, 0) is 33.7 Å². The summed E-state index contributed by atoms with van der Waals surface area (Å²) in [6.07, 6.45) is 24.4. The third-order valence-electron chi connectivity index (χ3n) is 13.3. The minimum atomic E-state index is -5.92. The number of allylic oxidation sites excluding steroid dienone is 8. The molecule has 8 unspecified atom stereocenters. The second-order valence-electron chi connectivity index (χ2n) is 17.1. The molecule has 0 spiro atoms. The van der Waals surface area contributed by atoms with E-state index in [1.54, 1.807) is 30.4 Å². The van der Waals surface area contributed by atoms with Gasteiger partial charge in [0.25, 0.3) is 0 Å². The maximum absolute atomic E-state index is 14.9. The Morgan fingerprint density at radius 1 is 0.471 bits per heavy atom. The van der Waals surface area contributed by atoms with Crippen LogP contribution in [0, 0.1) is 0 Å². The summed E-state index contributed by atoms with van der Waals surface area (Å²) < 4.78 is 58.5. The first-order valence-corrected chi connectivity index (χ1v) is 27.2. The minimum absolute atomic E-state index is 0.0643. The molecule has 8 bridgehead atoms. The normalized spacial score (nSPS) is 30.1. The van der Waals surface area contributed by atoms with Gasteiger partial charge in [0.15, 0.2) is 0 Å². The first-order valence-electron chi connectivity index (χ1n) is 20.7. The molecular formula is C44H46N8O12P4. The van der Waals surface area contributed by atoms with Crippen LogP contribution in [0.1, 0.15) is 39.5 Å². The molecule has 0 radical (unpaired) electrons. The van der Waals surface area contributed by atoms with E-state index in [0.29, 0.717) is 16.7 Å². The van der Waals surface area contributed by atoms with E-state index in [0.717, 1.165) is 24.3 Å². The zero-order chi connectivity index (χ0) is 49.0. The topological polar surface area (TPSA) is 392 Å². The highest BCUT2D eigenvalue weighted by Gasteiger charge is 2.63. The number of rotatable bonds is 8. The van der Waals surface area contributed by atoms with Gasteiger partial charge >= 0.3 is 30.4 Å². The fourth-order valence-electron chi connectivity index (χ4n) is 10.1. The lowest BCUT2D eigenvalue weighted by Crippen LogP contribution is -2.49. The monoisotopic (exact) mass is 1000 g/mol. The Kier molecular flexibility index (Phi) is 11.5. The Labute approximate surface area is 387 Å². The van der Waals surface area contributed by atoms with Crippen molar-refractivity contribution in [1.82, 2.24) is 19.9 Å². The van der Waals surface area contributed by atoms with Gasteiger partial charge in [0.1, 0.15) is 20.6 Å². The molecule has 24 heteroatoms. The summed E-state index contributed by atoms with van der Waals surface area (Å²) in [6, 6.07) is 1.01. The Hall–Kier alpha value is -5.04.